The van der Waals surface area contributed by atoms with E-state index in [2.05, 4.69) is 37.4 Å². The van der Waals surface area contributed by atoms with Crippen molar-refractivity contribution in [2.24, 2.45) is 5.92 Å². The Morgan fingerprint density at radius 1 is 1.13 bits per heavy atom. The molecule has 2 N–H and O–H groups in total. The molecular formula is C27H28IN7O3. The number of nitrogens with one attached hydrogen (secondary N) is 2. The number of aromatic nitrogens is 5. The van der Waals surface area contributed by atoms with Gasteiger partial charge in [0.05, 0.1) is 0 Å². The summed E-state index contributed by atoms with van der Waals surface area (Å²) in [6, 6.07) is 9.90. The van der Waals surface area contributed by atoms with Crippen molar-refractivity contribution in [3.8, 4) is 22.5 Å². The van der Waals surface area contributed by atoms with E-state index in [4.69, 9.17) is 4.98 Å². The van der Waals surface area contributed by atoms with Gasteiger partial charge in [-0.15, -0.1) is 0 Å². The van der Waals surface area contributed by atoms with Crippen molar-refractivity contribution < 1.29 is 14.4 Å². The van der Waals surface area contributed by atoms with Crippen molar-refractivity contribution >= 4 is 55.4 Å². The number of hydrogen-bond donors (Lipinski definition) is 2. The van der Waals surface area contributed by atoms with E-state index in [0.717, 1.165) is 62.6 Å². The number of amides is 2. The number of aromatic amines is 1. The normalized spacial score (nSPS) is 15.6. The van der Waals surface area contributed by atoms with Gasteiger partial charge in [-0.3, -0.25) is 4.79 Å². The second kappa shape index (κ2) is 11.8. The van der Waals surface area contributed by atoms with Gasteiger partial charge in [0.1, 0.15) is 0 Å². The average Bonchev–Trinajstić information content (AvgIpc) is 3.22. The number of imidazole rings is 1. The molecule has 11 heteroatoms. The molecule has 1 aliphatic heterocycles. The summed E-state index contributed by atoms with van der Waals surface area (Å²) in [5.41, 5.74) is 5.15. The van der Waals surface area contributed by atoms with Gasteiger partial charge in [-0.1, -0.05) is 0 Å². The summed E-state index contributed by atoms with van der Waals surface area (Å²) >= 11 is -1.30. The minimum absolute atomic E-state index is 0.0521. The first-order valence-corrected chi connectivity index (χ1v) is 16.9. The first kappa shape index (κ1) is 25.9. The zero-order valence-electron chi connectivity index (χ0n) is 20.9. The molecule has 2 amide bonds. The fourth-order valence-corrected chi connectivity index (χ4v) is 10.00. The van der Waals surface area contributed by atoms with Gasteiger partial charge in [0.15, 0.2) is 0 Å². The van der Waals surface area contributed by atoms with Gasteiger partial charge in [0.25, 0.3) is 0 Å². The second-order valence-corrected chi connectivity index (χ2v) is 15.2. The van der Waals surface area contributed by atoms with Gasteiger partial charge in [0.2, 0.25) is 0 Å². The van der Waals surface area contributed by atoms with Crippen LogP contribution in [0.5, 0.6) is 0 Å². The predicted octanol–water partition coefficient (Wildman–Crippen LogP) is 3.72. The molecule has 0 aliphatic carbocycles. The van der Waals surface area contributed by atoms with E-state index < -0.39 is 25.7 Å². The molecule has 4 heterocycles. The van der Waals surface area contributed by atoms with Crippen LogP contribution in [0, 0.1) is 5.92 Å². The number of rotatable bonds is 8. The third-order valence-corrected chi connectivity index (χ3v) is 12.6. The van der Waals surface area contributed by atoms with E-state index in [1.807, 2.05) is 23.2 Å². The number of pyridine rings is 1. The number of carbonyl (C=O) groups is 3. The molecule has 38 heavy (non-hydrogen) atoms. The Morgan fingerprint density at radius 2 is 1.97 bits per heavy atom. The fraction of sp³-hybridized carbons (Fsp3) is 0.296. The summed E-state index contributed by atoms with van der Waals surface area (Å²) in [4.78, 5) is 57.5. The molecule has 1 unspecified atom stereocenters. The average molecular weight is 625 g/mol. The SMILES string of the molecule is CC(C=O)C(=O)N1CCCI(Cc2ccc(-c3cc(-c4ncccn4)c4nc(NC=O)[nH]c4c3)cn2)CC1. The van der Waals surface area contributed by atoms with E-state index in [-0.39, 0.29) is 5.91 Å². The zero-order chi connectivity index (χ0) is 26.5. The molecule has 0 spiro atoms. The standard InChI is InChI=1S/C27H28IN7O3/c1-18(16-36)26(38)35-10-2-6-28(7-11-35)14-21-5-4-19(15-31-21)20-12-22(25-29-8-3-9-30-25)24-23(13-20)33-27(34-24)32-17-37/h3-5,8-9,12-13,15-18H,2,6-7,10-11,14H2,1H3,(H2,32,33,34,37). The number of anilines is 1. The summed E-state index contributed by atoms with van der Waals surface area (Å²) in [7, 11) is 0. The van der Waals surface area contributed by atoms with Crippen LogP contribution in [0.15, 0.2) is 48.9 Å². The molecule has 3 aromatic heterocycles. The number of nitrogens with zero attached hydrogens (tertiary/aromatic N) is 5. The zero-order valence-corrected chi connectivity index (χ0v) is 23.1. The van der Waals surface area contributed by atoms with Crippen LogP contribution in [0.25, 0.3) is 33.5 Å². The molecule has 10 nitrogen and oxygen atoms in total. The molecule has 1 fully saturated rings. The van der Waals surface area contributed by atoms with Crippen molar-refractivity contribution in [1.29, 1.82) is 0 Å². The van der Waals surface area contributed by atoms with Crippen LogP contribution in [0.2, 0.25) is 0 Å². The number of fused-ring (bicyclic) bond motifs is 1. The Labute approximate surface area is 227 Å². The summed E-state index contributed by atoms with van der Waals surface area (Å²) in [6.07, 6.45) is 7.57. The maximum absolute atomic E-state index is 12.4. The Kier molecular flexibility index (Phi) is 8.01. The van der Waals surface area contributed by atoms with Crippen molar-refractivity contribution in [3.05, 3.63) is 54.6 Å². The molecule has 0 radical (unpaired) electrons. The van der Waals surface area contributed by atoms with Crippen LogP contribution in [-0.4, -0.2) is 70.4 Å². The number of benzene rings is 1. The Hall–Kier alpha value is -3.74. The van der Waals surface area contributed by atoms with Crippen LogP contribution >= 0.6 is 19.8 Å². The monoisotopic (exact) mass is 625 g/mol. The quantitative estimate of drug-likeness (QED) is 0.132. The molecule has 5 rings (SSSR count). The Balaban J connectivity index is 1.35. The number of alkyl halides is 3. The second-order valence-electron chi connectivity index (χ2n) is 9.06. The molecule has 1 aromatic carbocycles. The molecule has 1 saturated heterocycles. The fourth-order valence-electron chi connectivity index (χ4n) is 4.45. The molecule has 0 saturated carbocycles. The van der Waals surface area contributed by atoms with Gasteiger partial charge in [-0.05, 0) is 0 Å². The topological polar surface area (TPSA) is 134 Å². The Morgan fingerprint density at radius 3 is 2.71 bits per heavy atom. The van der Waals surface area contributed by atoms with Crippen LogP contribution in [0.1, 0.15) is 19.0 Å². The van der Waals surface area contributed by atoms with Crippen molar-refractivity contribution in [2.45, 2.75) is 17.8 Å². The van der Waals surface area contributed by atoms with E-state index in [9.17, 15) is 14.4 Å². The Bertz CT molecular complexity index is 1440. The van der Waals surface area contributed by atoms with Crippen LogP contribution in [0.3, 0.4) is 0 Å². The van der Waals surface area contributed by atoms with Gasteiger partial charge < -0.3 is 0 Å². The van der Waals surface area contributed by atoms with E-state index in [1.54, 1.807) is 25.4 Å². The third kappa shape index (κ3) is 5.72. The molecule has 1 atom stereocenters. The number of aldehydes is 1. The van der Waals surface area contributed by atoms with Crippen LogP contribution < -0.4 is 5.32 Å². The third-order valence-electron chi connectivity index (χ3n) is 6.43. The summed E-state index contributed by atoms with van der Waals surface area (Å²) in [6.45, 7) is 3.16. The number of hydrogen-bond acceptors (Lipinski definition) is 7. The summed E-state index contributed by atoms with van der Waals surface area (Å²) in [5, 5.41) is 2.57. The van der Waals surface area contributed by atoms with Crippen molar-refractivity contribution in [3.63, 3.8) is 0 Å². The van der Waals surface area contributed by atoms with Crippen molar-refractivity contribution in [1.82, 2.24) is 29.8 Å². The first-order valence-electron chi connectivity index (χ1n) is 12.3. The van der Waals surface area contributed by atoms with Gasteiger partial charge in [-0.2, -0.15) is 0 Å². The molecule has 196 valence electrons. The molecule has 4 aromatic rings. The van der Waals surface area contributed by atoms with Gasteiger partial charge >= 0.3 is 223 Å². The van der Waals surface area contributed by atoms with Gasteiger partial charge in [0, 0.05) is 0 Å². The summed E-state index contributed by atoms with van der Waals surface area (Å²) in [5.74, 6) is 0.284. The van der Waals surface area contributed by atoms with E-state index in [1.165, 1.54) is 4.43 Å². The van der Waals surface area contributed by atoms with E-state index >= 15 is 0 Å². The number of halogens is 1. The van der Waals surface area contributed by atoms with Crippen molar-refractivity contribution in [2.75, 3.05) is 27.3 Å². The van der Waals surface area contributed by atoms with E-state index in [0.29, 0.717) is 23.7 Å². The van der Waals surface area contributed by atoms with Crippen LogP contribution in [0.4, 0.5) is 5.95 Å². The van der Waals surface area contributed by atoms with Gasteiger partial charge in [-0.25, -0.2) is 0 Å². The first-order chi connectivity index (χ1) is 18.6. The number of H-pyrrole nitrogens is 1. The summed E-state index contributed by atoms with van der Waals surface area (Å²) < 4.78 is 3.23. The predicted molar refractivity (Wildman–Crippen MR) is 154 cm³/mol. The minimum atomic E-state index is -1.30. The maximum atomic E-state index is 12.4. The molecular weight excluding hydrogens is 597 g/mol. The molecule has 0 bridgehead atoms. The molecule has 1 aliphatic rings. The van der Waals surface area contributed by atoms with Crippen LogP contribution in [-0.2, 0) is 18.8 Å². The number of carbonyl (C=O) groups excluding carboxylic acids is 3.